The maximum Gasteiger partial charge on any atom is 0.322 e. The molecule has 5 heteroatoms. The largest absolute Gasteiger partial charge is 0.322 e. The first kappa shape index (κ1) is 19.5. The van der Waals surface area contributed by atoms with Crippen LogP contribution >= 0.6 is 11.6 Å². The Morgan fingerprint density at radius 2 is 1.74 bits per heavy atom. The molecule has 0 spiro atoms. The number of carbonyl (C=O) groups is 1. The fraction of sp³-hybridized carbons (Fsp3) is 0.115. The maximum atomic E-state index is 13.7. The summed E-state index contributed by atoms with van der Waals surface area (Å²) in [6.07, 6.45) is 2.06. The summed E-state index contributed by atoms with van der Waals surface area (Å²) in [7, 11) is 0. The lowest BCUT2D eigenvalue weighted by Gasteiger charge is -2.31. The molecule has 1 atom stereocenters. The number of benzene rings is 3. The molecule has 3 aromatic carbocycles. The van der Waals surface area contributed by atoms with Gasteiger partial charge < -0.3 is 14.8 Å². The number of amides is 2. The van der Waals surface area contributed by atoms with Crippen LogP contribution in [0.5, 0.6) is 0 Å². The number of urea groups is 1. The smallest absolute Gasteiger partial charge is 0.318 e. The highest BCUT2D eigenvalue weighted by Crippen LogP contribution is 2.37. The second-order valence-corrected chi connectivity index (χ2v) is 8.20. The normalized spacial score (nSPS) is 15.0. The highest BCUT2D eigenvalue weighted by Gasteiger charge is 2.33. The van der Waals surface area contributed by atoms with Crippen molar-refractivity contribution in [3.8, 4) is 5.69 Å². The number of hydrogen-bond acceptors (Lipinski definition) is 1. The molecule has 0 aliphatic carbocycles. The molecule has 5 rings (SSSR count). The molecule has 0 radical (unpaired) electrons. The van der Waals surface area contributed by atoms with E-state index < -0.39 is 0 Å². The van der Waals surface area contributed by atoms with Crippen LogP contribution in [0.15, 0.2) is 91.1 Å². The number of halogens is 1. The minimum absolute atomic E-state index is 0.163. The number of aromatic nitrogens is 1. The molecule has 0 saturated heterocycles. The Hall–Kier alpha value is -3.50. The van der Waals surface area contributed by atoms with E-state index in [1.807, 2.05) is 60.4 Å². The van der Waals surface area contributed by atoms with Crippen molar-refractivity contribution < 1.29 is 4.79 Å². The third kappa shape index (κ3) is 3.60. The summed E-state index contributed by atoms with van der Waals surface area (Å²) in [5.41, 5.74) is 5.99. The van der Waals surface area contributed by atoms with Crippen molar-refractivity contribution in [2.75, 3.05) is 5.32 Å². The first-order valence-electron chi connectivity index (χ1n) is 10.3. The fourth-order valence-electron chi connectivity index (χ4n) is 4.24. The SMILES string of the molecule is Cc1ccc(Cl)cc1NC(=O)N1Cc2ccccc2-n2cccc2C1c1ccccc1. The number of para-hydroxylation sites is 1. The standard InChI is InChI=1S/C26H22ClN3O/c1-18-13-14-21(27)16-22(18)28-26(31)30-17-20-10-5-6-11-23(20)29-15-7-12-24(29)25(30)19-8-3-2-4-9-19/h2-16,25H,17H2,1H3,(H,28,31). The molecule has 1 unspecified atom stereocenters. The van der Waals surface area contributed by atoms with Gasteiger partial charge in [0.1, 0.15) is 0 Å². The van der Waals surface area contributed by atoms with Crippen molar-refractivity contribution in [2.24, 2.45) is 0 Å². The molecule has 1 aromatic heterocycles. The summed E-state index contributed by atoms with van der Waals surface area (Å²) in [6, 6.07) is 27.6. The number of carbonyl (C=O) groups excluding carboxylic acids is 1. The number of nitrogens with zero attached hydrogens (tertiary/aromatic N) is 2. The molecule has 0 bridgehead atoms. The zero-order valence-electron chi connectivity index (χ0n) is 17.1. The number of anilines is 1. The molecule has 2 amide bonds. The predicted molar refractivity (Wildman–Crippen MR) is 125 cm³/mol. The average Bonchev–Trinajstić information content (AvgIpc) is 3.21. The van der Waals surface area contributed by atoms with E-state index in [1.165, 1.54) is 0 Å². The molecular weight excluding hydrogens is 406 g/mol. The summed E-state index contributed by atoms with van der Waals surface area (Å²) in [4.78, 5) is 15.6. The second-order valence-electron chi connectivity index (χ2n) is 7.76. The Morgan fingerprint density at radius 3 is 2.58 bits per heavy atom. The van der Waals surface area contributed by atoms with Gasteiger partial charge in [0.2, 0.25) is 0 Å². The lowest BCUT2D eigenvalue weighted by molar-refractivity contribution is 0.194. The Labute approximate surface area is 186 Å². The predicted octanol–water partition coefficient (Wildman–Crippen LogP) is 6.58. The Bertz CT molecular complexity index is 1250. The van der Waals surface area contributed by atoms with Gasteiger partial charge in [0.15, 0.2) is 0 Å². The van der Waals surface area contributed by atoms with Gasteiger partial charge >= 0.3 is 6.03 Å². The van der Waals surface area contributed by atoms with Crippen molar-refractivity contribution in [3.63, 3.8) is 0 Å². The van der Waals surface area contributed by atoms with Gasteiger partial charge in [-0.3, -0.25) is 0 Å². The zero-order valence-corrected chi connectivity index (χ0v) is 17.9. The van der Waals surface area contributed by atoms with E-state index in [0.717, 1.165) is 33.8 Å². The molecule has 31 heavy (non-hydrogen) atoms. The molecule has 0 saturated carbocycles. The van der Waals surface area contributed by atoms with Gasteiger partial charge in [0.25, 0.3) is 0 Å². The van der Waals surface area contributed by atoms with Crippen LogP contribution in [0.3, 0.4) is 0 Å². The van der Waals surface area contributed by atoms with Crippen molar-refractivity contribution in [2.45, 2.75) is 19.5 Å². The summed E-state index contributed by atoms with van der Waals surface area (Å²) >= 11 is 6.19. The minimum Gasteiger partial charge on any atom is -0.318 e. The maximum absolute atomic E-state index is 13.7. The van der Waals surface area contributed by atoms with Crippen LogP contribution in [0.2, 0.25) is 5.02 Å². The van der Waals surface area contributed by atoms with Crippen LogP contribution in [-0.4, -0.2) is 15.5 Å². The van der Waals surface area contributed by atoms with E-state index in [2.05, 4.69) is 46.4 Å². The van der Waals surface area contributed by atoms with Crippen molar-refractivity contribution in [1.82, 2.24) is 9.47 Å². The van der Waals surface area contributed by atoms with Crippen LogP contribution in [0.25, 0.3) is 5.69 Å². The van der Waals surface area contributed by atoms with E-state index in [4.69, 9.17) is 11.6 Å². The van der Waals surface area contributed by atoms with Crippen LogP contribution in [0.1, 0.15) is 28.4 Å². The van der Waals surface area contributed by atoms with Gasteiger partial charge in [-0.25, -0.2) is 4.79 Å². The monoisotopic (exact) mass is 427 g/mol. The van der Waals surface area contributed by atoms with E-state index in [9.17, 15) is 4.79 Å². The molecule has 4 aromatic rings. The van der Waals surface area contributed by atoms with Crippen LogP contribution in [-0.2, 0) is 6.54 Å². The Kier molecular flexibility index (Phi) is 5.00. The van der Waals surface area contributed by atoms with E-state index in [-0.39, 0.29) is 12.1 Å². The topological polar surface area (TPSA) is 37.3 Å². The average molecular weight is 428 g/mol. The molecule has 2 heterocycles. The first-order chi connectivity index (χ1) is 15.1. The second kappa shape index (κ2) is 7.97. The number of nitrogens with one attached hydrogen (secondary N) is 1. The lowest BCUT2D eigenvalue weighted by atomic mass is 10.0. The van der Waals surface area contributed by atoms with Crippen LogP contribution < -0.4 is 5.32 Å². The van der Waals surface area contributed by atoms with Crippen LogP contribution in [0, 0.1) is 6.92 Å². The van der Waals surface area contributed by atoms with Gasteiger partial charge in [0.05, 0.1) is 18.3 Å². The summed E-state index contributed by atoms with van der Waals surface area (Å²) < 4.78 is 2.19. The van der Waals surface area contributed by atoms with E-state index in [0.29, 0.717) is 11.6 Å². The van der Waals surface area contributed by atoms with Gasteiger partial charge in [-0.05, 0) is 53.9 Å². The zero-order chi connectivity index (χ0) is 21.4. The summed E-state index contributed by atoms with van der Waals surface area (Å²) in [5, 5.41) is 3.69. The van der Waals surface area contributed by atoms with Gasteiger partial charge in [0, 0.05) is 22.6 Å². The fourth-order valence-corrected chi connectivity index (χ4v) is 4.41. The molecule has 4 nitrogen and oxygen atoms in total. The Morgan fingerprint density at radius 1 is 0.968 bits per heavy atom. The molecule has 0 fully saturated rings. The highest BCUT2D eigenvalue weighted by molar-refractivity contribution is 6.31. The Balaban J connectivity index is 1.63. The van der Waals surface area contributed by atoms with Crippen molar-refractivity contribution in [1.29, 1.82) is 0 Å². The molecule has 154 valence electrons. The number of rotatable bonds is 2. The molecular formula is C26H22ClN3O. The number of fused-ring (bicyclic) bond motifs is 3. The molecule has 1 N–H and O–H groups in total. The third-order valence-corrected chi connectivity index (χ3v) is 6.02. The van der Waals surface area contributed by atoms with E-state index >= 15 is 0 Å². The van der Waals surface area contributed by atoms with E-state index in [1.54, 1.807) is 6.07 Å². The summed E-state index contributed by atoms with van der Waals surface area (Å²) in [5.74, 6) is 0. The van der Waals surface area contributed by atoms with Gasteiger partial charge in [-0.1, -0.05) is 66.2 Å². The first-order valence-corrected chi connectivity index (χ1v) is 10.6. The third-order valence-electron chi connectivity index (χ3n) is 5.78. The van der Waals surface area contributed by atoms with Crippen molar-refractivity contribution in [3.05, 3.63) is 119 Å². The molecule has 1 aliphatic rings. The van der Waals surface area contributed by atoms with Gasteiger partial charge in [-0.2, -0.15) is 0 Å². The van der Waals surface area contributed by atoms with Gasteiger partial charge in [-0.15, -0.1) is 0 Å². The minimum atomic E-state index is -0.233. The quantitative estimate of drug-likeness (QED) is 0.385. The van der Waals surface area contributed by atoms with Crippen molar-refractivity contribution >= 4 is 23.3 Å². The summed E-state index contributed by atoms with van der Waals surface area (Å²) in [6.45, 7) is 2.45. The number of aryl methyl sites for hydroxylation is 1. The molecule has 1 aliphatic heterocycles. The highest BCUT2D eigenvalue weighted by atomic mass is 35.5. The number of hydrogen-bond donors (Lipinski definition) is 1. The van der Waals surface area contributed by atoms with Crippen LogP contribution in [0.4, 0.5) is 10.5 Å². The lowest BCUT2D eigenvalue weighted by Crippen LogP contribution is -2.38.